The number of carbonyl (C=O) groups is 2. The molecular weight excluding hydrogens is 462 g/mol. The van der Waals surface area contributed by atoms with Crippen molar-refractivity contribution in [2.75, 3.05) is 22.9 Å². The highest BCUT2D eigenvalue weighted by atomic mass is 32.2. The second kappa shape index (κ2) is 10.7. The fraction of sp³-hybridized carbons (Fsp3) is 0.190. The third kappa shape index (κ3) is 6.95. The Morgan fingerprint density at radius 1 is 1.03 bits per heavy atom. The summed E-state index contributed by atoms with van der Waals surface area (Å²) in [4.78, 5) is 35.1. The van der Waals surface area contributed by atoms with E-state index in [1.165, 1.54) is 31.2 Å². The van der Waals surface area contributed by atoms with Crippen molar-refractivity contribution in [1.29, 1.82) is 0 Å². The summed E-state index contributed by atoms with van der Waals surface area (Å²) >= 11 is 0. The summed E-state index contributed by atoms with van der Waals surface area (Å²) in [6.07, 6.45) is 0. The molecule has 0 saturated carbocycles. The van der Waals surface area contributed by atoms with Gasteiger partial charge in [0.25, 0.3) is 0 Å². The lowest BCUT2D eigenvalue weighted by Crippen LogP contribution is -2.30. The van der Waals surface area contributed by atoms with Crippen LogP contribution in [0.4, 0.5) is 23.3 Å². The lowest BCUT2D eigenvalue weighted by Gasteiger charge is -2.10. The van der Waals surface area contributed by atoms with Crippen LogP contribution < -0.4 is 21.1 Å². The van der Waals surface area contributed by atoms with E-state index in [1.54, 1.807) is 0 Å². The van der Waals surface area contributed by atoms with Crippen LogP contribution >= 0.6 is 0 Å². The maximum Gasteiger partial charge on any atom is 0.321 e. The molecule has 1 heterocycles. The predicted molar refractivity (Wildman–Crippen MR) is 124 cm³/mol. The molecule has 3 rings (SSSR count). The molecule has 0 atom stereocenters. The highest BCUT2D eigenvalue weighted by molar-refractivity contribution is 7.89. The van der Waals surface area contributed by atoms with E-state index in [0.717, 1.165) is 11.3 Å². The van der Waals surface area contributed by atoms with Gasteiger partial charge in [-0.15, -0.1) is 0 Å². The fourth-order valence-corrected chi connectivity index (χ4v) is 3.71. The molecule has 0 spiro atoms. The number of rotatable bonds is 9. The Hall–Kier alpha value is -4.10. The van der Waals surface area contributed by atoms with Crippen LogP contribution in [0.1, 0.15) is 18.3 Å². The van der Waals surface area contributed by atoms with E-state index in [0.29, 0.717) is 5.69 Å². The summed E-state index contributed by atoms with van der Waals surface area (Å²) in [6.45, 7) is 2.31. The molecule has 13 heteroatoms. The number of para-hydroxylation sites is 1. The van der Waals surface area contributed by atoms with Gasteiger partial charge in [-0.2, -0.15) is 19.7 Å². The van der Waals surface area contributed by atoms with Crippen molar-refractivity contribution in [2.45, 2.75) is 25.3 Å². The molecule has 1 aromatic heterocycles. The number of nitrogens with zero attached hydrogens (tertiary/aromatic N) is 3. The summed E-state index contributed by atoms with van der Waals surface area (Å²) < 4.78 is 32.0. The molecule has 0 aliphatic rings. The first-order valence-electron chi connectivity index (χ1n) is 9.98. The van der Waals surface area contributed by atoms with Crippen molar-refractivity contribution in [3.8, 4) is 0 Å². The SMILES string of the molecule is CC(=O)Nc1ccc(S(=O)(=O)NCC(=O)OCc2nc(N)nc(Nc3ccccc3C)n2)cc1. The number of carbonyl (C=O) groups excluding carboxylic acids is 2. The maximum atomic E-state index is 12.4. The van der Waals surface area contributed by atoms with Gasteiger partial charge in [0.05, 0.1) is 4.90 Å². The standard InChI is InChI=1S/C21H23N7O5S/c1-13-5-3-4-6-17(13)25-21-27-18(26-20(22)28-21)12-33-19(30)11-23-34(31,32)16-9-7-15(8-10-16)24-14(2)29/h3-10,23H,11-12H2,1-2H3,(H,24,29)(H3,22,25,26,27,28). The van der Waals surface area contributed by atoms with Gasteiger partial charge in [-0.1, -0.05) is 18.2 Å². The Morgan fingerprint density at radius 2 is 1.74 bits per heavy atom. The molecule has 0 bridgehead atoms. The minimum absolute atomic E-state index is 0.0689. The Morgan fingerprint density at radius 3 is 2.41 bits per heavy atom. The molecular formula is C21H23N7O5S. The minimum Gasteiger partial charge on any atom is -0.456 e. The molecule has 0 aliphatic carbocycles. The Labute approximate surface area is 196 Å². The molecule has 2 aromatic carbocycles. The predicted octanol–water partition coefficient (Wildman–Crippen LogP) is 1.49. The number of sulfonamides is 1. The van der Waals surface area contributed by atoms with E-state index in [2.05, 4.69) is 30.3 Å². The first kappa shape index (κ1) is 24.5. The van der Waals surface area contributed by atoms with Crippen LogP contribution in [0, 0.1) is 6.92 Å². The van der Waals surface area contributed by atoms with E-state index in [9.17, 15) is 18.0 Å². The summed E-state index contributed by atoms with van der Waals surface area (Å²) in [7, 11) is -3.97. The zero-order valence-corrected chi connectivity index (χ0v) is 19.2. The number of nitrogens with two attached hydrogens (primary N) is 1. The number of nitrogen functional groups attached to an aromatic ring is 1. The van der Waals surface area contributed by atoms with Crippen molar-refractivity contribution < 1.29 is 22.7 Å². The number of ether oxygens (including phenoxy) is 1. The molecule has 0 aliphatic heterocycles. The Balaban J connectivity index is 1.56. The minimum atomic E-state index is -3.97. The third-order valence-corrected chi connectivity index (χ3v) is 5.76. The number of esters is 1. The molecule has 1 amide bonds. The highest BCUT2D eigenvalue weighted by Crippen LogP contribution is 2.18. The molecule has 0 fully saturated rings. The largest absolute Gasteiger partial charge is 0.456 e. The van der Waals surface area contributed by atoms with Crippen LogP contribution in [0.15, 0.2) is 53.4 Å². The Kier molecular flexibility index (Phi) is 7.71. The average Bonchev–Trinajstić information content (AvgIpc) is 2.77. The molecule has 0 unspecified atom stereocenters. The van der Waals surface area contributed by atoms with Gasteiger partial charge in [0.15, 0.2) is 12.4 Å². The normalized spacial score (nSPS) is 11.0. The van der Waals surface area contributed by atoms with Gasteiger partial charge in [0.2, 0.25) is 27.8 Å². The topological polar surface area (TPSA) is 178 Å². The zero-order chi connectivity index (χ0) is 24.7. The van der Waals surface area contributed by atoms with Crippen LogP contribution in [0.2, 0.25) is 0 Å². The van der Waals surface area contributed by atoms with E-state index in [-0.39, 0.29) is 35.1 Å². The summed E-state index contributed by atoms with van der Waals surface area (Å²) in [5.74, 6) is -0.925. The summed E-state index contributed by atoms with van der Waals surface area (Å²) in [6, 6.07) is 13.0. The zero-order valence-electron chi connectivity index (χ0n) is 18.4. The van der Waals surface area contributed by atoms with Gasteiger partial charge in [0, 0.05) is 18.3 Å². The number of aromatic nitrogens is 3. The second-order valence-electron chi connectivity index (χ2n) is 7.06. The maximum absolute atomic E-state index is 12.4. The second-order valence-corrected chi connectivity index (χ2v) is 8.83. The monoisotopic (exact) mass is 485 g/mol. The highest BCUT2D eigenvalue weighted by Gasteiger charge is 2.17. The third-order valence-electron chi connectivity index (χ3n) is 4.34. The van der Waals surface area contributed by atoms with Crippen LogP contribution in [0.5, 0.6) is 0 Å². The lowest BCUT2D eigenvalue weighted by molar-refractivity contribution is -0.143. The van der Waals surface area contributed by atoms with Gasteiger partial charge in [-0.25, -0.2) is 8.42 Å². The van der Waals surface area contributed by atoms with Gasteiger partial charge in [-0.05, 0) is 42.8 Å². The van der Waals surface area contributed by atoms with Gasteiger partial charge >= 0.3 is 5.97 Å². The first-order valence-corrected chi connectivity index (χ1v) is 11.5. The van der Waals surface area contributed by atoms with E-state index in [1.807, 2.05) is 31.2 Å². The number of hydrogen-bond donors (Lipinski definition) is 4. The molecule has 178 valence electrons. The quantitative estimate of drug-likeness (QED) is 0.324. The molecule has 0 radical (unpaired) electrons. The van der Waals surface area contributed by atoms with E-state index >= 15 is 0 Å². The molecule has 12 nitrogen and oxygen atoms in total. The van der Waals surface area contributed by atoms with E-state index < -0.39 is 22.5 Å². The number of amides is 1. The van der Waals surface area contributed by atoms with Gasteiger partial charge < -0.3 is 21.1 Å². The number of hydrogen-bond acceptors (Lipinski definition) is 10. The van der Waals surface area contributed by atoms with E-state index in [4.69, 9.17) is 10.5 Å². The summed E-state index contributed by atoms with van der Waals surface area (Å²) in [5, 5.41) is 5.55. The summed E-state index contributed by atoms with van der Waals surface area (Å²) in [5.41, 5.74) is 7.90. The lowest BCUT2D eigenvalue weighted by atomic mass is 10.2. The van der Waals surface area contributed by atoms with Crippen molar-refractivity contribution in [3.63, 3.8) is 0 Å². The van der Waals surface area contributed by atoms with Crippen LogP contribution in [0.3, 0.4) is 0 Å². The number of nitrogens with one attached hydrogen (secondary N) is 3. The molecule has 0 saturated heterocycles. The fourth-order valence-electron chi connectivity index (χ4n) is 2.75. The van der Waals surface area contributed by atoms with Crippen LogP contribution in [-0.2, 0) is 31.0 Å². The Bertz CT molecular complexity index is 1300. The van der Waals surface area contributed by atoms with Crippen molar-refractivity contribution in [1.82, 2.24) is 19.7 Å². The van der Waals surface area contributed by atoms with Crippen molar-refractivity contribution >= 4 is 45.2 Å². The number of benzene rings is 2. The van der Waals surface area contributed by atoms with Crippen molar-refractivity contribution in [2.24, 2.45) is 0 Å². The molecule has 3 aromatic rings. The van der Waals surface area contributed by atoms with Gasteiger partial charge in [0.1, 0.15) is 6.54 Å². The molecule has 34 heavy (non-hydrogen) atoms. The van der Waals surface area contributed by atoms with Crippen LogP contribution in [0.25, 0.3) is 0 Å². The van der Waals surface area contributed by atoms with Gasteiger partial charge in [-0.3, -0.25) is 9.59 Å². The first-order chi connectivity index (χ1) is 16.1. The smallest absolute Gasteiger partial charge is 0.321 e. The molecule has 5 N–H and O–H groups in total. The number of aryl methyl sites for hydroxylation is 1. The van der Waals surface area contributed by atoms with Crippen molar-refractivity contribution in [3.05, 3.63) is 59.9 Å². The average molecular weight is 486 g/mol. The number of anilines is 4. The van der Waals surface area contributed by atoms with Crippen LogP contribution in [-0.4, -0.2) is 41.8 Å².